The fourth-order valence-corrected chi connectivity index (χ4v) is 3.73. The van der Waals surface area contributed by atoms with Crippen molar-refractivity contribution in [3.05, 3.63) is 101 Å². The molecule has 4 amide bonds. The molecule has 1 atom stereocenters. The highest BCUT2D eigenvalue weighted by atomic mass is 16.5. The summed E-state index contributed by atoms with van der Waals surface area (Å²) in [7, 11) is 0. The highest BCUT2D eigenvalue weighted by Crippen LogP contribution is 2.25. The lowest BCUT2D eigenvalue weighted by Gasteiger charge is -2.21. The number of hydrogen-bond acceptors (Lipinski definition) is 5. The van der Waals surface area contributed by atoms with Crippen LogP contribution in [0, 0.1) is 0 Å². The molecular formula is C24H22N4O4. The molecule has 1 fully saturated rings. The van der Waals surface area contributed by atoms with Gasteiger partial charge in [-0.05, 0) is 35.4 Å². The molecule has 1 unspecified atom stereocenters. The SMILES string of the molecule is O=C(NO)c1ccc(CN2C(=O)C(Cc3ccccc3)N(Cc3ccccn3)C2=O)cc1. The number of hydrogen-bond donors (Lipinski definition) is 2. The Bertz CT molecular complexity index is 1040. The minimum Gasteiger partial charge on any atom is -0.306 e. The summed E-state index contributed by atoms with van der Waals surface area (Å²) >= 11 is 0. The minimum atomic E-state index is -0.633. The van der Waals surface area contributed by atoms with Crippen molar-refractivity contribution in [3.8, 4) is 0 Å². The molecule has 2 N–H and O–H groups in total. The van der Waals surface area contributed by atoms with Gasteiger partial charge in [-0.1, -0.05) is 48.5 Å². The normalized spacial score (nSPS) is 15.8. The van der Waals surface area contributed by atoms with Crippen LogP contribution in [0.3, 0.4) is 0 Å². The smallest absolute Gasteiger partial charge is 0.306 e. The molecule has 0 saturated carbocycles. The second-order valence-corrected chi connectivity index (χ2v) is 7.50. The van der Waals surface area contributed by atoms with Crippen molar-refractivity contribution in [2.24, 2.45) is 0 Å². The molecule has 162 valence electrons. The van der Waals surface area contributed by atoms with E-state index in [1.165, 1.54) is 17.0 Å². The third-order valence-electron chi connectivity index (χ3n) is 5.39. The van der Waals surface area contributed by atoms with Crippen molar-refractivity contribution >= 4 is 17.8 Å². The number of rotatable bonds is 7. The number of nitrogens with zero attached hydrogens (tertiary/aromatic N) is 3. The van der Waals surface area contributed by atoms with Gasteiger partial charge < -0.3 is 4.90 Å². The number of benzene rings is 2. The van der Waals surface area contributed by atoms with Crippen molar-refractivity contribution in [1.82, 2.24) is 20.3 Å². The van der Waals surface area contributed by atoms with Crippen molar-refractivity contribution < 1.29 is 19.6 Å². The Morgan fingerprint density at radius 2 is 1.62 bits per heavy atom. The number of aromatic nitrogens is 1. The lowest BCUT2D eigenvalue weighted by molar-refractivity contribution is -0.128. The molecule has 0 radical (unpaired) electrons. The van der Waals surface area contributed by atoms with E-state index in [0.717, 1.165) is 5.56 Å². The number of imide groups is 1. The van der Waals surface area contributed by atoms with Crippen LogP contribution < -0.4 is 5.48 Å². The first-order valence-corrected chi connectivity index (χ1v) is 10.2. The highest BCUT2D eigenvalue weighted by Gasteiger charge is 2.44. The fraction of sp³-hybridized carbons (Fsp3) is 0.167. The summed E-state index contributed by atoms with van der Waals surface area (Å²) < 4.78 is 0. The number of amides is 4. The summed E-state index contributed by atoms with van der Waals surface area (Å²) in [6.07, 6.45) is 2.07. The molecule has 1 aliphatic heterocycles. The van der Waals surface area contributed by atoms with Crippen LogP contribution in [0.2, 0.25) is 0 Å². The van der Waals surface area contributed by atoms with Gasteiger partial charge in [0, 0.05) is 18.2 Å². The van der Waals surface area contributed by atoms with Crippen molar-refractivity contribution in [2.75, 3.05) is 0 Å². The predicted molar refractivity (Wildman–Crippen MR) is 115 cm³/mol. The van der Waals surface area contributed by atoms with Crippen LogP contribution in [-0.4, -0.2) is 43.9 Å². The van der Waals surface area contributed by atoms with Crippen LogP contribution in [0.25, 0.3) is 0 Å². The molecule has 8 nitrogen and oxygen atoms in total. The lowest BCUT2D eigenvalue weighted by atomic mass is 10.0. The zero-order valence-electron chi connectivity index (χ0n) is 17.2. The second kappa shape index (κ2) is 9.40. The molecule has 1 aromatic heterocycles. The standard InChI is InChI=1S/C24H22N4O4/c29-22(26-32)19-11-9-18(10-12-19)15-28-23(30)21(14-17-6-2-1-3-7-17)27(24(28)31)16-20-8-4-5-13-25-20/h1-13,21,32H,14-16H2,(H,26,29). The Labute approximate surface area is 185 Å². The Hall–Kier alpha value is -4.04. The summed E-state index contributed by atoms with van der Waals surface area (Å²) in [4.78, 5) is 45.2. The van der Waals surface area contributed by atoms with Crippen molar-refractivity contribution in [1.29, 1.82) is 0 Å². The summed E-state index contributed by atoms with van der Waals surface area (Å²) in [6.45, 7) is 0.317. The minimum absolute atomic E-state index is 0.0860. The molecule has 2 aromatic carbocycles. The summed E-state index contributed by atoms with van der Waals surface area (Å²) in [5.41, 5.74) is 4.21. The zero-order valence-corrected chi connectivity index (χ0v) is 17.2. The van der Waals surface area contributed by atoms with E-state index in [4.69, 9.17) is 5.21 Å². The van der Waals surface area contributed by atoms with Gasteiger partial charge in [0.05, 0.1) is 18.8 Å². The molecular weight excluding hydrogens is 408 g/mol. The third kappa shape index (κ3) is 4.50. The molecule has 1 aliphatic rings. The maximum atomic E-state index is 13.3. The van der Waals surface area contributed by atoms with Crippen LogP contribution in [0.15, 0.2) is 79.0 Å². The van der Waals surface area contributed by atoms with E-state index in [9.17, 15) is 14.4 Å². The van der Waals surface area contributed by atoms with E-state index in [1.54, 1.807) is 34.8 Å². The Morgan fingerprint density at radius 3 is 2.28 bits per heavy atom. The predicted octanol–water partition coefficient (Wildman–Crippen LogP) is 2.78. The molecule has 0 spiro atoms. The van der Waals surface area contributed by atoms with Crippen LogP contribution in [-0.2, 0) is 24.3 Å². The lowest BCUT2D eigenvalue weighted by Crippen LogP contribution is -2.36. The van der Waals surface area contributed by atoms with Crippen LogP contribution >= 0.6 is 0 Å². The van der Waals surface area contributed by atoms with Gasteiger partial charge in [0.1, 0.15) is 6.04 Å². The maximum Gasteiger partial charge on any atom is 0.328 e. The van der Waals surface area contributed by atoms with Crippen LogP contribution in [0.1, 0.15) is 27.2 Å². The molecule has 8 heteroatoms. The zero-order chi connectivity index (χ0) is 22.5. The number of pyridine rings is 1. The molecule has 4 rings (SSSR count). The fourth-order valence-electron chi connectivity index (χ4n) is 3.73. The quantitative estimate of drug-likeness (QED) is 0.341. The summed E-state index contributed by atoms with van der Waals surface area (Å²) in [5.74, 6) is -0.902. The highest BCUT2D eigenvalue weighted by molar-refractivity contribution is 6.04. The largest absolute Gasteiger partial charge is 0.328 e. The van der Waals surface area contributed by atoms with Gasteiger partial charge in [-0.25, -0.2) is 10.3 Å². The molecule has 0 bridgehead atoms. The molecule has 32 heavy (non-hydrogen) atoms. The second-order valence-electron chi connectivity index (χ2n) is 7.50. The van der Waals surface area contributed by atoms with E-state index in [-0.39, 0.29) is 30.6 Å². The Kier molecular flexibility index (Phi) is 6.23. The van der Waals surface area contributed by atoms with E-state index >= 15 is 0 Å². The van der Waals surface area contributed by atoms with Crippen molar-refractivity contribution in [3.63, 3.8) is 0 Å². The van der Waals surface area contributed by atoms with Gasteiger partial charge >= 0.3 is 6.03 Å². The first-order chi connectivity index (χ1) is 15.6. The first kappa shape index (κ1) is 21.2. The first-order valence-electron chi connectivity index (χ1n) is 10.2. The number of carbonyl (C=O) groups is 3. The van der Waals surface area contributed by atoms with Crippen LogP contribution in [0.4, 0.5) is 4.79 Å². The monoisotopic (exact) mass is 430 g/mol. The van der Waals surface area contributed by atoms with E-state index in [1.807, 2.05) is 42.5 Å². The van der Waals surface area contributed by atoms with Gasteiger partial charge in [0.25, 0.3) is 11.8 Å². The van der Waals surface area contributed by atoms with Gasteiger partial charge in [-0.3, -0.25) is 24.7 Å². The van der Waals surface area contributed by atoms with E-state index in [0.29, 0.717) is 17.7 Å². The Balaban J connectivity index is 1.58. The topological polar surface area (TPSA) is 103 Å². The molecule has 2 heterocycles. The van der Waals surface area contributed by atoms with Crippen molar-refractivity contribution in [2.45, 2.75) is 25.6 Å². The molecule has 0 aliphatic carbocycles. The van der Waals surface area contributed by atoms with Gasteiger partial charge in [0.15, 0.2) is 0 Å². The number of urea groups is 1. The Morgan fingerprint density at radius 1 is 0.906 bits per heavy atom. The maximum absolute atomic E-state index is 13.3. The number of nitrogens with one attached hydrogen (secondary N) is 1. The number of hydroxylamine groups is 1. The average Bonchev–Trinajstić information content (AvgIpc) is 3.04. The number of carbonyl (C=O) groups excluding carboxylic acids is 3. The van der Waals surface area contributed by atoms with Crippen LogP contribution in [0.5, 0.6) is 0 Å². The van der Waals surface area contributed by atoms with Gasteiger partial charge in [0.2, 0.25) is 0 Å². The van der Waals surface area contributed by atoms with Gasteiger partial charge in [-0.2, -0.15) is 0 Å². The van der Waals surface area contributed by atoms with Gasteiger partial charge in [-0.15, -0.1) is 0 Å². The molecule has 3 aromatic rings. The third-order valence-corrected chi connectivity index (χ3v) is 5.39. The van der Waals surface area contributed by atoms with E-state index in [2.05, 4.69) is 4.98 Å². The summed E-state index contributed by atoms with van der Waals surface area (Å²) in [5, 5.41) is 8.75. The van der Waals surface area contributed by atoms with E-state index < -0.39 is 11.9 Å². The average molecular weight is 430 g/mol. The summed E-state index contributed by atoms with van der Waals surface area (Å²) in [6, 6.07) is 20.4. The molecule has 1 saturated heterocycles.